The number of hydrogen-bond donors (Lipinski definition) is 1. The molecule has 1 aliphatic heterocycles. The van der Waals surface area contributed by atoms with Crippen molar-refractivity contribution < 1.29 is 36.3 Å². The maximum atomic E-state index is 14.2. The summed E-state index contributed by atoms with van der Waals surface area (Å²) in [5.41, 5.74) is -0.346. The Balaban J connectivity index is 1.51. The largest absolute Gasteiger partial charge is 0.497 e. The third-order valence-electron chi connectivity index (χ3n) is 5.39. The van der Waals surface area contributed by atoms with Gasteiger partial charge in [0.15, 0.2) is 0 Å². The fourth-order valence-corrected chi connectivity index (χ4v) is 4.80. The van der Waals surface area contributed by atoms with Gasteiger partial charge in [-0.3, -0.25) is 9.59 Å². The molecule has 1 fully saturated rings. The minimum atomic E-state index is -3.74. The molecule has 0 spiro atoms. The van der Waals surface area contributed by atoms with Crippen LogP contribution in [-0.4, -0.2) is 82.1 Å². The molecule has 0 bridgehead atoms. The van der Waals surface area contributed by atoms with Gasteiger partial charge in [-0.15, -0.1) is 0 Å². The number of nitrogens with zero attached hydrogens (tertiary/aromatic N) is 2. The number of ether oxygens (including phenoxy) is 2. The lowest BCUT2D eigenvalue weighted by Crippen LogP contribution is -2.51. The van der Waals surface area contributed by atoms with Crippen LogP contribution in [0.25, 0.3) is 0 Å². The summed E-state index contributed by atoms with van der Waals surface area (Å²) in [6.45, 7) is 0.0303. The minimum Gasteiger partial charge on any atom is -0.497 e. The number of methoxy groups -OCH3 is 2. The number of sulfonamides is 1. The van der Waals surface area contributed by atoms with E-state index in [1.54, 1.807) is 0 Å². The van der Waals surface area contributed by atoms with E-state index in [0.29, 0.717) is 0 Å². The highest BCUT2D eigenvalue weighted by molar-refractivity contribution is 7.89. The quantitative estimate of drug-likeness (QED) is 0.593. The number of carbonyl (C=O) groups is 2. The van der Waals surface area contributed by atoms with Crippen LogP contribution < -0.4 is 14.8 Å². The van der Waals surface area contributed by atoms with E-state index in [4.69, 9.17) is 9.47 Å². The molecule has 2 amide bonds. The van der Waals surface area contributed by atoms with Gasteiger partial charge in [0.2, 0.25) is 10.0 Å². The SMILES string of the molecule is COc1ccc(C(=O)NCCS(=O)(=O)N2CCN(C(=O)c3ccc(OC)cc3F)CC2)c(F)c1. The third-order valence-corrected chi connectivity index (χ3v) is 7.26. The van der Waals surface area contributed by atoms with Gasteiger partial charge >= 0.3 is 0 Å². The summed E-state index contributed by atoms with van der Waals surface area (Å²) in [4.78, 5) is 26.2. The normalized spacial score (nSPS) is 14.5. The molecule has 1 saturated heterocycles. The molecule has 2 aromatic carbocycles. The number of rotatable bonds is 8. The molecule has 0 atom stereocenters. The number of halogens is 2. The van der Waals surface area contributed by atoms with Crippen LogP contribution in [0.1, 0.15) is 20.7 Å². The monoisotopic (exact) mass is 497 g/mol. The van der Waals surface area contributed by atoms with Crippen LogP contribution in [0.4, 0.5) is 8.78 Å². The first-order valence-electron chi connectivity index (χ1n) is 10.4. The van der Waals surface area contributed by atoms with Crippen LogP contribution in [0, 0.1) is 11.6 Å². The number of carbonyl (C=O) groups excluding carboxylic acids is 2. The Morgan fingerprint density at radius 3 is 1.94 bits per heavy atom. The molecule has 184 valence electrons. The summed E-state index contributed by atoms with van der Waals surface area (Å²) in [5.74, 6) is -2.64. The van der Waals surface area contributed by atoms with E-state index >= 15 is 0 Å². The molecule has 0 unspecified atom stereocenters. The molecular weight excluding hydrogens is 472 g/mol. The summed E-state index contributed by atoms with van der Waals surface area (Å²) in [6, 6.07) is 7.65. The zero-order valence-corrected chi connectivity index (χ0v) is 19.5. The molecule has 1 aliphatic rings. The van der Waals surface area contributed by atoms with Crippen LogP contribution in [0.5, 0.6) is 11.5 Å². The second kappa shape index (κ2) is 10.8. The molecule has 0 aliphatic carbocycles. The highest BCUT2D eigenvalue weighted by Crippen LogP contribution is 2.19. The lowest BCUT2D eigenvalue weighted by atomic mass is 10.1. The van der Waals surface area contributed by atoms with Gasteiger partial charge in [0, 0.05) is 44.9 Å². The minimum absolute atomic E-state index is 0.0346. The average Bonchev–Trinajstić information content (AvgIpc) is 2.83. The van der Waals surface area contributed by atoms with Crippen LogP contribution in [0.2, 0.25) is 0 Å². The molecular formula is C22H25F2N3O6S. The van der Waals surface area contributed by atoms with Crippen molar-refractivity contribution in [3.05, 3.63) is 59.2 Å². The van der Waals surface area contributed by atoms with E-state index in [1.165, 1.54) is 47.7 Å². The predicted molar refractivity (Wildman–Crippen MR) is 120 cm³/mol. The standard InChI is InChI=1S/C22H25F2N3O6S/c1-32-15-3-5-17(19(23)13-15)21(28)25-7-12-34(30,31)27-10-8-26(9-11-27)22(29)18-6-4-16(33-2)14-20(18)24/h3-6,13-14H,7-12H2,1-2H3,(H,25,28). The van der Waals surface area contributed by atoms with Crippen LogP contribution in [0.15, 0.2) is 36.4 Å². The van der Waals surface area contributed by atoms with E-state index in [0.717, 1.165) is 12.1 Å². The molecule has 9 nitrogen and oxygen atoms in total. The number of amides is 2. The van der Waals surface area contributed by atoms with Crippen molar-refractivity contribution in [2.45, 2.75) is 0 Å². The van der Waals surface area contributed by atoms with Crippen molar-refractivity contribution in [2.24, 2.45) is 0 Å². The molecule has 2 aromatic rings. The van der Waals surface area contributed by atoms with Gasteiger partial charge in [-0.25, -0.2) is 17.2 Å². The van der Waals surface area contributed by atoms with E-state index in [-0.39, 0.29) is 55.3 Å². The number of hydrogen-bond acceptors (Lipinski definition) is 6. The zero-order valence-electron chi connectivity index (χ0n) is 18.7. The smallest absolute Gasteiger partial charge is 0.256 e. The Morgan fingerprint density at radius 2 is 1.44 bits per heavy atom. The molecule has 0 radical (unpaired) electrons. The highest BCUT2D eigenvalue weighted by atomic mass is 32.2. The number of benzene rings is 2. The first kappa shape index (κ1) is 25.4. The van der Waals surface area contributed by atoms with Crippen LogP contribution in [-0.2, 0) is 10.0 Å². The van der Waals surface area contributed by atoms with Crippen molar-refractivity contribution in [2.75, 3.05) is 52.7 Å². The van der Waals surface area contributed by atoms with Gasteiger partial charge in [0.1, 0.15) is 23.1 Å². The van der Waals surface area contributed by atoms with Gasteiger partial charge in [0.25, 0.3) is 11.8 Å². The predicted octanol–water partition coefficient (Wildman–Crippen LogP) is 1.50. The zero-order chi connectivity index (χ0) is 24.9. The molecule has 1 heterocycles. The summed E-state index contributed by atoms with van der Waals surface area (Å²) in [5, 5.41) is 2.39. The summed E-state index contributed by atoms with van der Waals surface area (Å²) >= 11 is 0. The fourth-order valence-electron chi connectivity index (χ4n) is 3.46. The van der Waals surface area contributed by atoms with E-state index in [1.807, 2.05) is 0 Å². The maximum Gasteiger partial charge on any atom is 0.256 e. The second-order valence-corrected chi connectivity index (χ2v) is 9.54. The summed E-state index contributed by atoms with van der Waals surface area (Å²) in [6.07, 6.45) is 0. The number of nitrogens with one attached hydrogen (secondary N) is 1. The second-order valence-electron chi connectivity index (χ2n) is 7.45. The fraction of sp³-hybridized carbons (Fsp3) is 0.364. The molecule has 0 aromatic heterocycles. The Kier molecular flexibility index (Phi) is 8.05. The van der Waals surface area contributed by atoms with Gasteiger partial charge in [-0.1, -0.05) is 0 Å². The first-order valence-corrected chi connectivity index (χ1v) is 12.0. The summed E-state index contributed by atoms with van der Waals surface area (Å²) < 4.78 is 64.5. The Bertz CT molecular complexity index is 1170. The van der Waals surface area contributed by atoms with Crippen molar-refractivity contribution in [1.29, 1.82) is 0 Å². The van der Waals surface area contributed by atoms with Gasteiger partial charge in [-0.2, -0.15) is 4.31 Å². The molecule has 12 heteroatoms. The molecule has 3 rings (SSSR count). The van der Waals surface area contributed by atoms with Gasteiger partial charge < -0.3 is 19.7 Å². The Morgan fingerprint density at radius 1 is 0.912 bits per heavy atom. The van der Waals surface area contributed by atoms with E-state index < -0.39 is 39.2 Å². The lowest BCUT2D eigenvalue weighted by molar-refractivity contribution is 0.0692. The molecule has 34 heavy (non-hydrogen) atoms. The molecule has 1 N–H and O–H groups in total. The Labute approximate surface area is 196 Å². The van der Waals surface area contributed by atoms with Crippen molar-refractivity contribution in [3.63, 3.8) is 0 Å². The maximum absolute atomic E-state index is 14.2. The van der Waals surface area contributed by atoms with Crippen molar-refractivity contribution >= 4 is 21.8 Å². The van der Waals surface area contributed by atoms with E-state index in [2.05, 4.69) is 5.32 Å². The van der Waals surface area contributed by atoms with Crippen molar-refractivity contribution in [1.82, 2.24) is 14.5 Å². The average molecular weight is 498 g/mol. The van der Waals surface area contributed by atoms with Crippen LogP contribution in [0.3, 0.4) is 0 Å². The highest BCUT2D eigenvalue weighted by Gasteiger charge is 2.30. The first-order chi connectivity index (χ1) is 16.2. The third kappa shape index (κ3) is 5.81. The van der Waals surface area contributed by atoms with Gasteiger partial charge in [0.05, 0.1) is 31.1 Å². The summed E-state index contributed by atoms with van der Waals surface area (Å²) in [7, 11) is -0.981. The topological polar surface area (TPSA) is 105 Å². The Hall–Kier alpha value is -3.25. The van der Waals surface area contributed by atoms with Crippen molar-refractivity contribution in [3.8, 4) is 11.5 Å². The molecule has 0 saturated carbocycles. The lowest BCUT2D eigenvalue weighted by Gasteiger charge is -2.34. The number of piperazine rings is 1. The van der Waals surface area contributed by atoms with E-state index in [9.17, 15) is 26.8 Å². The van der Waals surface area contributed by atoms with Gasteiger partial charge in [-0.05, 0) is 24.3 Å². The van der Waals surface area contributed by atoms with Crippen LogP contribution >= 0.6 is 0 Å².